The maximum Gasteiger partial charge on any atom is 0.237 e. The van der Waals surface area contributed by atoms with Crippen LogP contribution in [0.1, 0.15) is 12.8 Å². The largest absolute Gasteiger partial charge is 0.495 e. The number of nitrogens with zero attached hydrogens (tertiary/aromatic N) is 1. The maximum atomic E-state index is 12.2. The van der Waals surface area contributed by atoms with Crippen LogP contribution in [-0.4, -0.2) is 55.9 Å². The minimum absolute atomic E-state index is 0. The molecule has 2 heterocycles. The molecule has 0 aromatic heterocycles. The zero-order valence-electron chi connectivity index (χ0n) is 13.9. The number of hydrogen-bond donors (Lipinski definition) is 3. The summed E-state index contributed by atoms with van der Waals surface area (Å²) in [5.41, 5.74) is 0.950. The molecule has 142 valence electrons. The Labute approximate surface area is 165 Å². The summed E-state index contributed by atoms with van der Waals surface area (Å²) in [5.74, 6) is 0.744. The number of nitrogens with one attached hydrogen (secondary N) is 2. The first-order valence-electron chi connectivity index (χ1n) is 7.87. The molecule has 3 unspecified atom stereocenters. The van der Waals surface area contributed by atoms with Gasteiger partial charge in [0.2, 0.25) is 5.91 Å². The van der Waals surface area contributed by atoms with Gasteiger partial charge in [0, 0.05) is 30.7 Å². The summed E-state index contributed by atoms with van der Waals surface area (Å²) in [4.78, 5) is 14.4. The van der Waals surface area contributed by atoms with Crippen molar-refractivity contribution in [2.24, 2.45) is 0 Å². The van der Waals surface area contributed by atoms with Crippen molar-refractivity contribution in [3.63, 3.8) is 0 Å². The second-order valence-corrected chi connectivity index (χ2v) is 6.54. The van der Waals surface area contributed by atoms with E-state index in [0.717, 1.165) is 30.9 Å². The van der Waals surface area contributed by atoms with Gasteiger partial charge in [0.05, 0.1) is 24.9 Å². The van der Waals surface area contributed by atoms with Crippen molar-refractivity contribution in [3.05, 3.63) is 23.2 Å². The van der Waals surface area contributed by atoms with Gasteiger partial charge in [-0.15, -0.1) is 24.8 Å². The number of β-amino-alcohol motifs (C(OH)–C–C–N with tert-alkyl or cyclic N) is 1. The number of aliphatic hydroxyl groups excluding tert-OH is 1. The fourth-order valence-electron chi connectivity index (χ4n) is 3.23. The number of hydrogen-bond acceptors (Lipinski definition) is 5. The average molecular weight is 413 g/mol. The highest BCUT2D eigenvalue weighted by Crippen LogP contribution is 2.33. The Morgan fingerprint density at radius 3 is 2.84 bits per heavy atom. The molecule has 0 saturated carbocycles. The van der Waals surface area contributed by atoms with Gasteiger partial charge in [0.25, 0.3) is 0 Å². The fourth-order valence-corrected chi connectivity index (χ4v) is 3.39. The number of amides is 1. The van der Waals surface area contributed by atoms with Crippen molar-refractivity contribution >= 4 is 48.0 Å². The van der Waals surface area contributed by atoms with Gasteiger partial charge in [-0.2, -0.15) is 0 Å². The van der Waals surface area contributed by atoms with Crippen LogP contribution in [0.2, 0.25) is 5.02 Å². The van der Waals surface area contributed by atoms with E-state index in [0.29, 0.717) is 18.0 Å². The topological polar surface area (TPSA) is 73.8 Å². The summed E-state index contributed by atoms with van der Waals surface area (Å²) < 4.78 is 5.40. The van der Waals surface area contributed by atoms with Crippen LogP contribution in [0.4, 0.5) is 5.69 Å². The highest BCUT2D eigenvalue weighted by Gasteiger charge is 2.31. The first-order chi connectivity index (χ1) is 11.1. The minimum Gasteiger partial charge on any atom is -0.495 e. The van der Waals surface area contributed by atoms with Crippen LogP contribution in [0, 0.1) is 0 Å². The third-order valence-corrected chi connectivity index (χ3v) is 4.68. The van der Waals surface area contributed by atoms with Crippen molar-refractivity contribution < 1.29 is 14.6 Å². The van der Waals surface area contributed by atoms with Crippen molar-refractivity contribution in [2.45, 2.75) is 31.0 Å². The van der Waals surface area contributed by atoms with E-state index >= 15 is 0 Å². The molecular formula is C16H24Cl3N3O3. The number of carbonyl (C=O) groups is 1. The molecule has 6 nitrogen and oxygen atoms in total. The molecule has 1 amide bonds. The number of rotatable bonds is 4. The summed E-state index contributed by atoms with van der Waals surface area (Å²) in [5, 5.41) is 16.3. The lowest BCUT2D eigenvalue weighted by Crippen LogP contribution is -2.46. The Morgan fingerprint density at radius 2 is 2.20 bits per heavy atom. The van der Waals surface area contributed by atoms with E-state index in [9.17, 15) is 9.90 Å². The van der Waals surface area contributed by atoms with Gasteiger partial charge >= 0.3 is 0 Å². The summed E-state index contributed by atoms with van der Waals surface area (Å²) in [6, 6.07) is 5.34. The van der Waals surface area contributed by atoms with Crippen LogP contribution in [0.25, 0.3) is 0 Å². The minimum atomic E-state index is -0.429. The van der Waals surface area contributed by atoms with Gasteiger partial charge in [0.1, 0.15) is 5.75 Å². The second-order valence-electron chi connectivity index (χ2n) is 6.11. The molecule has 3 rings (SSSR count). The van der Waals surface area contributed by atoms with Crippen LogP contribution in [0.3, 0.4) is 0 Å². The molecule has 0 aliphatic carbocycles. The molecule has 1 aromatic rings. The molecule has 9 heteroatoms. The second kappa shape index (κ2) is 9.69. The molecule has 0 radical (unpaired) electrons. The Kier molecular flexibility index (Phi) is 8.57. The highest BCUT2D eigenvalue weighted by atomic mass is 35.5. The van der Waals surface area contributed by atoms with E-state index in [-0.39, 0.29) is 42.8 Å². The van der Waals surface area contributed by atoms with Crippen LogP contribution < -0.4 is 20.3 Å². The Balaban J connectivity index is 0.00000156. The predicted molar refractivity (Wildman–Crippen MR) is 104 cm³/mol. The van der Waals surface area contributed by atoms with E-state index < -0.39 is 6.10 Å². The van der Waals surface area contributed by atoms with E-state index in [4.69, 9.17) is 16.3 Å². The van der Waals surface area contributed by atoms with E-state index in [2.05, 4.69) is 15.5 Å². The lowest BCUT2D eigenvalue weighted by molar-refractivity contribution is -0.123. The standard InChI is InChI=1S/C16H22ClN3O3.2ClH/c1-23-15-3-2-10(17)6-14(15)20-5-4-11(9-20)19-16(22)13-7-12(21)8-18-13;;/h2-3,6,11-13,18,21H,4-5,7-9H2,1H3,(H,19,22);2*1H. The molecule has 2 aliphatic rings. The zero-order chi connectivity index (χ0) is 16.4. The number of methoxy groups -OCH3 is 1. The molecule has 3 N–H and O–H groups in total. The number of anilines is 1. The molecule has 1 aromatic carbocycles. The SMILES string of the molecule is COc1ccc(Cl)cc1N1CCC(NC(=O)C2CC(O)CN2)C1.Cl.Cl. The number of carbonyl (C=O) groups excluding carboxylic acids is 1. The van der Waals surface area contributed by atoms with Crippen LogP contribution >= 0.6 is 36.4 Å². The third-order valence-electron chi connectivity index (χ3n) is 4.44. The summed E-state index contributed by atoms with van der Waals surface area (Å²) >= 11 is 6.09. The number of halogens is 3. The first kappa shape index (κ1) is 22.1. The first-order valence-corrected chi connectivity index (χ1v) is 8.25. The summed E-state index contributed by atoms with van der Waals surface area (Å²) in [7, 11) is 1.64. The molecule has 0 bridgehead atoms. The number of ether oxygens (including phenoxy) is 1. The summed E-state index contributed by atoms with van der Waals surface area (Å²) in [6.45, 7) is 2.04. The normalized spacial score (nSPS) is 25.1. The van der Waals surface area contributed by atoms with Crippen LogP contribution in [0.5, 0.6) is 5.75 Å². The van der Waals surface area contributed by atoms with Crippen molar-refractivity contribution in [3.8, 4) is 5.75 Å². The van der Waals surface area contributed by atoms with Crippen molar-refractivity contribution in [1.29, 1.82) is 0 Å². The van der Waals surface area contributed by atoms with Crippen molar-refractivity contribution in [2.75, 3.05) is 31.6 Å². The van der Waals surface area contributed by atoms with Crippen molar-refractivity contribution in [1.82, 2.24) is 10.6 Å². The molecule has 25 heavy (non-hydrogen) atoms. The Bertz CT molecular complexity index is 591. The zero-order valence-corrected chi connectivity index (χ0v) is 16.3. The Hall–Kier alpha value is -0.920. The van der Waals surface area contributed by atoms with Gasteiger partial charge in [-0.05, 0) is 31.0 Å². The third kappa shape index (κ3) is 5.28. The van der Waals surface area contributed by atoms with Gasteiger partial charge in [-0.3, -0.25) is 4.79 Å². The smallest absolute Gasteiger partial charge is 0.237 e. The fraction of sp³-hybridized carbons (Fsp3) is 0.562. The average Bonchev–Trinajstić information content (AvgIpc) is 3.16. The summed E-state index contributed by atoms with van der Waals surface area (Å²) in [6.07, 6.45) is 0.919. The van der Waals surface area contributed by atoms with Gasteiger partial charge in [0.15, 0.2) is 0 Å². The molecule has 2 saturated heterocycles. The van der Waals surface area contributed by atoms with Gasteiger partial charge in [-0.1, -0.05) is 11.6 Å². The van der Waals surface area contributed by atoms with E-state index in [1.165, 1.54) is 0 Å². The molecular weight excluding hydrogens is 389 g/mol. The lowest BCUT2D eigenvalue weighted by Gasteiger charge is -2.22. The Morgan fingerprint density at radius 1 is 1.44 bits per heavy atom. The quantitative estimate of drug-likeness (QED) is 0.701. The predicted octanol–water partition coefficient (Wildman–Crippen LogP) is 1.61. The molecule has 2 fully saturated rings. The maximum absolute atomic E-state index is 12.2. The number of aliphatic hydroxyl groups is 1. The molecule has 2 aliphatic heterocycles. The highest BCUT2D eigenvalue weighted by molar-refractivity contribution is 6.30. The number of benzene rings is 1. The van der Waals surface area contributed by atoms with Gasteiger partial charge in [-0.25, -0.2) is 0 Å². The molecule has 3 atom stereocenters. The van der Waals surface area contributed by atoms with E-state index in [1.807, 2.05) is 12.1 Å². The van der Waals surface area contributed by atoms with Crippen LogP contribution in [0.15, 0.2) is 18.2 Å². The molecule has 0 spiro atoms. The van der Waals surface area contributed by atoms with Crippen LogP contribution in [-0.2, 0) is 4.79 Å². The van der Waals surface area contributed by atoms with Gasteiger partial charge < -0.3 is 25.4 Å². The van der Waals surface area contributed by atoms with E-state index in [1.54, 1.807) is 13.2 Å². The lowest BCUT2D eigenvalue weighted by atomic mass is 10.1. The monoisotopic (exact) mass is 411 g/mol.